The summed E-state index contributed by atoms with van der Waals surface area (Å²) in [6.07, 6.45) is 2.73. The molecule has 0 spiro atoms. The first-order valence-electron chi connectivity index (χ1n) is 7.34. The van der Waals surface area contributed by atoms with E-state index in [9.17, 15) is 4.79 Å². The summed E-state index contributed by atoms with van der Waals surface area (Å²) >= 11 is 0. The Labute approximate surface area is 122 Å². The number of carbonyl (C=O) groups is 1. The van der Waals surface area contributed by atoms with Gasteiger partial charge < -0.3 is 9.64 Å². The average Bonchev–Trinajstić information content (AvgIpc) is 2.44. The van der Waals surface area contributed by atoms with Crippen LogP contribution in [0.15, 0.2) is 12.8 Å². The number of carbonyl (C=O) groups excluding carboxylic acids is 1. The molecule has 1 aliphatic rings. The second kappa shape index (κ2) is 9.44. The maximum atomic E-state index is 12.0. The molecule has 4 nitrogen and oxygen atoms in total. The van der Waals surface area contributed by atoms with Crippen molar-refractivity contribution in [2.75, 3.05) is 39.3 Å². The van der Waals surface area contributed by atoms with E-state index in [2.05, 4.69) is 37.2 Å². The van der Waals surface area contributed by atoms with Crippen LogP contribution in [0.5, 0.6) is 0 Å². The second-order valence-corrected chi connectivity index (χ2v) is 5.27. The topological polar surface area (TPSA) is 32.8 Å². The molecule has 1 fully saturated rings. The first kappa shape index (κ1) is 16.6. The second-order valence-electron chi connectivity index (χ2n) is 5.27. The van der Waals surface area contributed by atoms with Gasteiger partial charge in [-0.25, -0.2) is 0 Å². The van der Waals surface area contributed by atoms with Crippen LogP contribution >= 0.6 is 0 Å². The Morgan fingerprint density at radius 1 is 1.35 bits per heavy atom. The molecular weight excluding hydrogens is 252 g/mol. The van der Waals surface area contributed by atoms with Crippen LogP contribution in [0, 0.1) is 17.8 Å². The first-order chi connectivity index (χ1) is 9.63. The highest BCUT2D eigenvalue weighted by Gasteiger charge is 2.19. The SMILES string of the molecule is C=COCCCC(=O)N1CCN(CC#CC(C)C)CC1. The molecule has 0 aromatic carbocycles. The molecule has 0 aromatic rings. The summed E-state index contributed by atoms with van der Waals surface area (Å²) in [5.41, 5.74) is 0. The Bertz CT molecular complexity index is 360. The van der Waals surface area contributed by atoms with E-state index < -0.39 is 0 Å². The zero-order chi connectivity index (χ0) is 14.8. The van der Waals surface area contributed by atoms with Gasteiger partial charge in [0, 0.05) is 38.5 Å². The Kier molecular flexibility index (Phi) is 7.82. The van der Waals surface area contributed by atoms with Gasteiger partial charge in [-0.05, 0) is 6.42 Å². The molecule has 4 heteroatoms. The minimum Gasteiger partial charge on any atom is -0.502 e. The smallest absolute Gasteiger partial charge is 0.222 e. The van der Waals surface area contributed by atoms with Crippen LogP contribution in [0.1, 0.15) is 26.7 Å². The van der Waals surface area contributed by atoms with E-state index in [1.165, 1.54) is 6.26 Å². The van der Waals surface area contributed by atoms with Crippen molar-refractivity contribution in [3.8, 4) is 11.8 Å². The number of piperazine rings is 1. The van der Waals surface area contributed by atoms with Crippen molar-refractivity contribution in [1.82, 2.24) is 9.80 Å². The van der Waals surface area contributed by atoms with Crippen molar-refractivity contribution in [1.29, 1.82) is 0 Å². The van der Waals surface area contributed by atoms with Crippen LogP contribution in [-0.2, 0) is 9.53 Å². The summed E-state index contributed by atoms with van der Waals surface area (Å²) in [5, 5.41) is 0. The van der Waals surface area contributed by atoms with Crippen molar-refractivity contribution in [2.45, 2.75) is 26.7 Å². The lowest BCUT2D eigenvalue weighted by Crippen LogP contribution is -2.48. The Balaban J connectivity index is 2.19. The molecule has 0 aliphatic carbocycles. The standard InChI is InChI=1S/C16H26N2O2/c1-4-20-14-6-8-16(19)18-12-10-17(11-13-18)9-5-7-15(2)3/h4,15H,1,6,8-14H2,2-3H3. The van der Waals surface area contributed by atoms with E-state index in [1.807, 2.05) is 4.90 Å². The van der Waals surface area contributed by atoms with Crippen LogP contribution in [0.2, 0.25) is 0 Å². The fourth-order valence-corrected chi connectivity index (χ4v) is 2.07. The highest BCUT2D eigenvalue weighted by Crippen LogP contribution is 2.05. The fraction of sp³-hybridized carbons (Fsp3) is 0.688. The average molecular weight is 278 g/mol. The highest BCUT2D eigenvalue weighted by atomic mass is 16.5. The minimum absolute atomic E-state index is 0.227. The molecule has 1 amide bonds. The molecule has 1 heterocycles. The minimum atomic E-state index is 0.227. The molecule has 112 valence electrons. The van der Waals surface area contributed by atoms with Crippen LogP contribution in [0.4, 0.5) is 0 Å². The van der Waals surface area contributed by atoms with E-state index in [0.717, 1.165) is 39.1 Å². The maximum absolute atomic E-state index is 12.0. The van der Waals surface area contributed by atoms with Crippen molar-refractivity contribution >= 4 is 5.91 Å². The zero-order valence-electron chi connectivity index (χ0n) is 12.7. The van der Waals surface area contributed by atoms with Crippen molar-refractivity contribution < 1.29 is 9.53 Å². The third kappa shape index (κ3) is 6.63. The van der Waals surface area contributed by atoms with Gasteiger partial charge in [0.25, 0.3) is 0 Å². The summed E-state index contributed by atoms with van der Waals surface area (Å²) in [6, 6.07) is 0. The number of nitrogens with zero attached hydrogens (tertiary/aromatic N) is 2. The number of rotatable bonds is 6. The summed E-state index contributed by atoms with van der Waals surface area (Å²) in [7, 11) is 0. The number of hydrogen-bond donors (Lipinski definition) is 0. The quantitative estimate of drug-likeness (QED) is 0.421. The Morgan fingerprint density at radius 2 is 2.05 bits per heavy atom. The van der Waals surface area contributed by atoms with Crippen molar-refractivity contribution in [3.63, 3.8) is 0 Å². The van der Waals surface area contributed by atoms with Crippen LogP contribution < -0.4 is 0 Å². The summed E-state index contributed by atoms with van der Waals surface area (Å²) in [5.74, 6) is 7.02. The van der Waals surface area contributed by atoms with Gasteiger partial charge in [-0.3, -0.25) is 9.69 Å². The van der Waals surface area contributed by atoms with Crippen LogP contribution in [0.25, 0.3) is 0 Å². The van der Waals surface area contributed by atoms with Crippen LogP contribution in [0.3, 0.4) is 0 Å². The van der Waals surface area contributed by atoms with Crippen molar-refractivity contribution in [3.05, 3.63) is 12.8 Å². The van der Waals surface area contributed by atoms with Gasteiger partial charge in [0.1, 0.15) is 0 Å². The molecule has 1 rings (SSSR count). The predicted octanol–water partition coefficient (Wildman–Crippen LogP) is 1.73. The molecule has 0 radical (unpaired) electrons. The molecule has 0 atom stereocenters. The molecule has 1 aliphatic heterocycles. The summed E-state index contributed by atoms with van der Waals surface area (Å²) in [6.45, 7) is 12.5. The van der Waals surface area contributed by atoms with Gasteiger partial charge in [-0.2, -0.15) is 0 Å². The lowest BCUT2D eigenvalue weighted by molar-refractivity contribution is -0.133. The van der Waals surface area contributed by atoms with Gasteiger partial charge in [0.2, 0.25) is 5.91 Å². The third-order valence-electron chi connectivity index (χ3n) is 3.19. The lowest BCUT2D eigenvalue weighted by atomic mass is 10.2. The van der Waals surface area contributed by atoms with Crippen LogP contribution in [-0.4, -0.2) is 55.0 Å². The van der Waals surface area contributed by atoms with E-state index in [-0.39, 0.29) is 5.91 Å². The normalized spacial score (nSPS) is 15.7. The summed E-state index contributed by atoms with van der Waals surface area (Å²) in [4.78, 5) is 16.2. The first-order valence-corrected chi connectivity index (χ1v) is 7.34. The Morgan fingerprint density at radius 3 is 2.65 bits per heavy atom. The fourth-order valence-electron chi connectivity index (χ4n) is 2.07. The van der Waals surface area contributed by atoms with E-state index in [1.54, 1.807) is 0 Å². The number of hydrogen-bond acceptors (Lipinski definition) is 3. The van der Waals surface area contributed by atoms with Gasteiger partial charge in [-0.15, -0.1) is 0 Å². The molecule has 0 aromatic heterocycles. The van der Waals surface area contributed by atoms with Gasteiger partial charge in [0.05, 0.1) is 19.4 Å². The molecule has 20 heavy (non-hydrogen) atoms. The molecule has 1 saturated heterocycles. The third-order valence-corrected chi connectivity index (χ3v) is 3.19. The molecule has 0 bridgehead atoms. The van der Waals surface area contributed by atoms with Gasteiger partial charge >= 0.3 is 0 Å². The van der Waals surface area contributed by atoms with Gasteiger partial charge in [-0.1, -0.05) is 32.3 Å². The largest absolute Gasteiger partial charge is 0.502 e. The van der Waals surface area contributed by atoms with E-state index in [4.69, 9.17) is 4.74 Å². The monoisotopic (exact) mass is 278 g/mol. The molecule has 0 saturated carbocycles. The predicted molar refractivity (Wildman–Crippen MR) is 81.0 cm³/mol. The molecule has 0 N–H and O–H groups in total. The molecular formula is C16H26N2O2. The van der Waals surface area contributed by atoms with E-state index in [0.29, 0.717) is 18.9 Å². The number of ether oxygens (including phenoxy) is 1. The summed E-state index contributed by atoms with van der Waals surface area (Å²) < 4.78 is 5.02. The zero-order valence-corrected chi connectivity index (χ0v) is 12.7. The molecule has 0 unspecified atom stereocenters. The Hall–Kier alpha value is -1.47. The van der Waals surface area contributed by atoms with E-state index >= 15 is 0 Å². The lowest BCUT2D eigenvalue weighted by Gasteiger charge is -2.33. The highest BCUT2D eigenvalue weighted by molar-refractivity contribution is 5.76. The maximum Gasteiger partial charge on any atom is 0.222 e. The number of amides is 1. The van der Waals surface area contributed by atoms with Gasteiger partial charge in [0.15, 0.2) is 0 Å². The van der Waals surface area contributed by atoms with Crippen molar-refractivity contribution in [2.24, 2.45) is 5.92 Å².